The summed E-state index contributed by atoms with van der Waals surface area (Å²) in [6, 6.07) is 5.87. The highest BCUT2D eigenvalue weighted by atomic mass is 16.6. The van der Waals surface area contributed by atoms with Gasteiger partial charge < -0.3 is 20.1 Å². The molecule has 1 amide bonds. The summed E-state index contributed by atoms with van der Waals surface area (Å²) in [5.74, 6) is -0.336. The molecule has 2 N–H and O–H groups in total. The first-order chi connectivity index (χ1) is 11.7. The SMILES string of the molecule is COC(=O)c1ccc(NC2CC[C@@H](NC(=O)OC(C)(C)C)C2)c(C)c1. The van der Waals surface area contributed by atoms with E-state index in [0.717, 1.165) is 30.5 Å². The first kappa shape index (κ1) is 19.1. The van der Waals surface area contributed by atoms with Gasteiger partial charge >= 0.3 is 12.1 Å². The van der Waals surface area contributed by atoms with Gasteiger partial charge in [-0.2, -0.15) is 0 Å². The highest BCUT2D eigenvalue weighted by Crippen LogP contribution is 2.26. The molecule has 1 fully saturated rings. The number of methoxy groups -OCH3 is 1. The lowest BCUT2D eigenvalue weighted by Gasteiger charge is -2.22. The Hall–Kier alpha value is -2.24. The van der Waals surface area contributed by atoms with E-state index < -0.39 is 5.60 Å². The van der Waals surface area contributed by atoms with Crippen molar-refractivity contribution < 1.29 is 19.1 Å². The Morgan fingerprint density at radius 3 is 2.44 bits per heavy atom. The zero-order valence-electron chi connectivity index (χ0n) is 15.6. The van der Waals surface area contributed by atoms with Crippen LogP contribution in [0.5, 0.6) is 0 Å². The molecular formula is C19H28N2O4. The van der Waals surface area contributed by atoms with E-state index in [1.165, 1.54) is 7.11 Å². The molecule has 138 valence electrons. The smallest absolute Gasteiger partial charge is 0.407 e. The van der Waals surface area contributed by atoms with Crippen molar-refractivity contribution in [3.63, 3.8) is 0 Å². The first-order valence-corrected chi connectivity index (χ1v) is 8.63. The second-order valence-corrected chi connectivity index (χ2v) is 7.52. The maximum absolute atomic E-state index is 11.9. The number of alkyl carbamates (subject to hydrolysis) is 1. The summed E-state index contributed by atoms with van der Waals surface area (Å²) in [4.78, 5) is 23.4. The first-order valence-electron chi connectivity index (χ1n) is 8.63. The Bertz CT molecular complexity index is 637. The Morgan fingerprint density at radius 2 is 1.84 bits per heavy atom. The lowest BCUT2D eigenvalue weighted by Crippen LogP contribution is -2.38. The van der Waals surface area contributed by atoms with Crippen LogP contribution in [0.4, 0.5) is 10.5 Å². The summed E-state index contributed by atoms with van der Waals surface area (Å²) in [6.07, 6.45) is 2.36. The number of anilines is 1. The zero-order valence-corrected chi connectivity index (χ0v) is 15.6. The molecule has 0 bridgehead atoms. The van der Waals surface area contributed by atoms with Gasteiger partial charge in [0.25, 0.3) is 0 Å². The molecule has 0 spiro atoms. The number of nitrogens with one attached hydrogen (secondary N) is 2. The van der Waals surface area contributed by atoms with Crippen molar-refractivity contribution in [3.8, 4) is 0 Å². The minimum atomic E-state index is -0.487. The van der Waals surface area contributed by atoms with Crippen LogP contribution in [0.1, 0.15) is 56.0 Å². The Morgan fingerprint density at radius 1 is 1.16 bits per heavy atom. The van der Waals surface area contributed by atoms with Gasteiger partial charge in [-0.1, -0.05) is 0 Å². The number of amides is 1. The molecule has 1 aliphatic carbocycles. The molecule has 2 atom stereocenters. The van der Waals surface area contributed by atoms with Crippen LogP contribution in [0, 0.1) is 6.92 Å². The molecule has 1 saturated carbocycles. The molecule has 1 aliphatic rings. The topological polar surface area (TPSA) is 76.7 Å². The standard InChI is InChI=1S/C19H28N2O4/c1-12-10-13(17(22)24-5)6-9-16(12)20-14-7-8-15(11-14)21-18(23)25-19(2,3)4/h6,9-10,14-15,20H,7-8,11H2,1-5H3,(H,21,23)/t14?,15-/m1/s1. The number of rotatable bonds is 4. The second kappa shape index (κ2) is 7.76. The average Bonchev–Trinajstić information content (AvgIpc) is 2.93. The van der Waals surface area contributed by atoms with Crippen molar-refractivity contribution in [1.82, 2.24) is 5.32 Å². The minimum Gasteiger partial charge on any atom is -0.465 e. The van der Waals surface area contributed by atoms with Crippen LogP contribution >= 0.6 is 0 Å². The van der Waals surface area contributed by atoms with E-state index >= 15 is 0 Å². The molecule has 6 heteroatoms. The molecule has 0 aliphatic heterocycles. The minimum absolute atomic E-state index is 0.113. The van der Waals surface area contributed by atoms with Crippen LogP contribution in [0.15, 0.2) is 18.2 Å². The number of hydrogen-bond donors (Lipinski definition) is 2. The Kier molecular flexibility index (Phi) is 5.93. The maximum Gasteiger partial charge on any atom is 0.407 e. The van der Waals surface area contributed by atoms with Crippen LogP contribution < -0.4 is 10.6 Å². The van der Waals surface area contributed by atoms with Gasteiger partial charge in [0.1, 0.15) is 5.60 Å². The molecule has 1 aromatic carbocycles. The molecular weight excluding hydrogens is 320 g/mol. The average molecular weight is 348 g/mol. The van der Waals surface area contributed by atoms with Crippen molar-refractivity contribution in [3.05, 3.63) is 29.3 Å². The number of carbonyl (C=O) groups is 2. The summed E-state index contributed by atoms with van der Waals surface area (Å²) >= 11 is 0. The number of esters is 1. The van der Waals surface area contributed by atoms with Crippen molar-refractivity contribution in [1.29, 1.82) is 0 Å². The van der Waals surface area contributed by atoms with Crippen molar-refractivity contribution in [2.75, 3.05) is 12.4 Å². The molecule has 0 saturated heterocycles. The van der Waals surface area contributed by atoms with Crippen LogP contribution in [0.3, 0.4) is 0 Å². The third kappa shape index (κ3) is 5.66. The van der Waals surface area contributed by atoms with E-state index in [0.29, 0.717) is 5.56 Å². The Labute approximate surface area is 149 Å². The van der Waals surface area contributed by atoms with Gasteiger partial charge in [-0.15, -0.1) is 0 Å². The van der Waals surface area contributed by atoms with Crippen LogP contribution in [0.2, 0.25) is 0 Å². The Balaban J connectivity index is 1.89. The fourth-order valence-electron chi connectivity index (χ4n) is 3.01. The van der Waals surface area contributed by atoms with E-state index in [-0.39, 0.29) is 24.1 Å². The zero-order chi connectivity index (χ0) is 18.6. The van der Waals surface area contributed by atoms with Crippen molar-refractivity contribution in [2.45, 2.75) is 64.6 Å². The van der Waals surface area contributed by atoms with E-state index in [4.69, 9.17) is 9.47 Å². The normalized spacial score (nSPS) is 20.0. The summed E-state index contributed by atoms with van der Waals surface area (Å²) < 4.78 is 10.0. The molecule has 2 rings (SSSR count). The summed E-state index contributed by atoms with van der Waals surface area (Å²) in [6.45, 7) is 7.52. The summed E-state index contributed by atoms with van der Waals surface area (Å²) in [7, 11) is 1.38. The monoisotopic (exact) mass is 348 g/mol. The van der Waals surface area contributed by atoms with Crippen molar-refractivity contribution >= 4 is 17.7 Å². The molecule has 0 aromatic heterocycles. The number of ether oxygens (including phenoxy) is 2. The molecule has 25 heavy (non-hydrogen) atoms. The lowest BCUT2D eigenvalue weighted by molar-refractivity contribution is 0.0504. The third-order valence-electron chi connectivity index (χ3n) is 4.16. The molecule has 0 heterocycles. The number of carbonyl (C=O) groups excluding carboxylic acids is 2. The molecule has 1 unspecified atom stereocenters. The summed E-state index contributed by atoms with van der Waals surface area (Å²) in [5, 5.41) is 6.44. The molecule has 1 aromatic rings. The predicted molar refractivity (Wildman–Crippen MR) is 96.9 cm³/mol. The molecule has 0 radical (unpaired) electrons. The highest BCUT2D eigenvalue weighted by molar-refractivity contribution is 5.90. The van der Waals surface area contributed by atoms with E-state index in [2.05, 4.69) is 10.6 Å². The van der Waals surface area contributed by atoms with Crippen LogP contribution in [-0.4, -0.2) is 36.9 Å². The highest BCUT2D eigenvalue weighted by Gasteiger charge is 2.27. The van der Waals surface area contributed by atoms with Gasteiger partial charge in [0.05, 0.1) is 12.7 Å². The predicted octanol–water partition coefficient (Wildman–Crippen LogP) is 3.64. The molecule has 6 nitrogen and oxygen atoms in total. The van der Waals surface area contributed by atoms with Gasteiger partial charge in [-0.3, -0.25) is 0 Å². The maximum atomic E-state index is 11.9. The van der Waals surface area contributed by atoms with E-state index in [9.17, 15) is 9.59 Å². The fraction of sp³-hybridized carbons (Fsp3) is 0.579. The number of aryl methyl sites for hydroxylation is 1. The van der Waals surface area contributed by atoms with Crippen molar-refractivity contribution in [2.24, 2.45) is 0 Å². The van der Waals surface area contributed by atoms with Crippen LogP contribution in [-0.2, 0) is 9.47 Å². The number of hydrogen-bond acceptors (Lipinski definition) is 5. The largest absolute Gasteiger partial charge is 0.465 e. The van der Waals surface area contributed by atoms with Gasteiger partial charge in [0.15, 0.2) is 0 Å². The van der Waals surface area contributed by atoms with Gasteiger partial charge in [0.2, 0.25) is 0 Å². The van der Waals surface area contributed by atoms with Gasteiger partial charge in [-0.05, 0) is 70.7 Å². The quantitative estimate of drug-likeness (QED) is 0.813. The van der Waals surface area contributed by atoms with E-state index in [1.807, 2.05) is 39.8 Å². The fourth-order valence-corrected chi connectivity index (χ4v) is 3.01. The third-order valence-corrected chi connectivity index (χ3v) is 4.16. The van der Waals surface area contributed by atoms with Gasteiger partial charge in [0, 0.05) is 17.8 Å². The number of benzene rings is 1. The van der Waals surface area contributed by atoms with Gasteiger partial charge in [-0.25, -0.2) is 9.59 Å². The van der Waals surface area contributed by atoms with Crippen LogP contribution in [0.25, 0.3) is 0 Å². The second-order valence-electron chi connectivity index (χ2n) is 7.52. The summed E-state index contributed by atoms with van der Waals surface area (Å²) in [5.41, 5.74) is 2.04. The lowest BCUT2D eigenvalue weighted by atomic mass is 10.1. The van der Waals surface area contributed by atoms with E-state index in [1.54, 1.807) is 6.07 Å².